The average Bonchev–Trinajstić information content (AvgIpc) is 2.71. The number of benzene rings is 2. The minimum Gasteiger partial charge on any atom is -0.490 e. The van der Waals surface area contributed by atoms with E-state index in [1.807, 2.05) is 20.8 Å². The molecule has 0 aromatic heterocycles. The lowest BCUT2D eigenvalue weighted by molar-refractivity contribution is -0.384. The Kier molecular flexibility index (Phi) is 8.16. The van der Waals surface area contributed by atoms with Crippen molar-refractivity contribution in [1.82, 2.24) is 0 Å². The third-order valence-electron chi connectivity index (χ3n) is 3.73. The summed E-state index contributed by atoms with van der Waals surface area (Å²) in [6, 6.07) is 10.1. The van der Waals surface area contributed by atoms with Crippen LogP contribution in [-0.4, -0.2) is 36.6 Å². The van der Waals surface area contributed by atoms with Crippen LogP contribution in [0.5, 0.6) is 11.5 Å². The molecule has 30 heavy (non-hydrogen) atoms. The van der Waals surface area contributed by atoms with Crippen molar-refractivity contribution in [3.63, 3.8) is 0 Å². The van der Waals surface area contributed by atoms with Crippen molar-refractivity contribution in [2.24, 2.45) is 5.92 Å². The Morgan fingerprint density at radius 3 is 2.53 bits per heavy atom. The molecule has 0 aliphatic carbocycles. The van der Waals surface area contributed by atoms with E-state index in [0.717, 1.165) is 0 Å². The van der Waals surface area contributed by atoms with Gasteiger partial charge >= 0.3 is 5.97 Å². The van der Waals surface area contributed by atoms with Gasteiger partial charge in [0.15, 0.2) is 18.1 Å². The van der Waals surface area contributed by atoms with Crippen LogP contribution < -0.4 is 14.8 Å². The standard InChI is InChI=1S/C21H24N2O7/c1-4-28-19-10-15(8-9-18(19)29-12-14(2)3)21(25)30-13-20(24)22-16-6-5-7-17(11-16)23(26)27/h5-11,14H,4,12-13H2,1-3H3,(H,22,24). The molecule has 0 radical (unpaired) electrons. The molecule has 1 amide bonds. The highest BCUT2D eigenvalue weighted by atomic mass is 16.6. The number of rotatable bonds is 10. The molecule has 2 aromatic carbocycles. The lowest BCUT2D eigenvalue weighted by Crippen LogP contribution is -2.21. The monoisotopic (exact) mass is 416 g/mol. The molecule has 0 atom stereocenters. The summed E-state index contributed by atoms with van der Waals surface area (Å²) >= 11 is 0. The van der Waals surface area contributed by atoms with E-state index in [-0.39, 0.29) is 16.9 Å². The smallest absolute Gasteiger partial charge is 0.338 e. The van der Waals surface area contributed by atoms with E-state index < -0.39 is 23.4 Å². The Morgan fingerprint density at radius 1 is 1.10 bits per heavy atom. The Bertz CT molecular complexity index is 912. The van der Waals surface area contributed by atoms with Crippen molar-refractivity contribution in [2.45, 2.75) is 20.8 Å². The average molecular weight is 416 g/mol. The van der Waals surface area contributed by atoms with Crippen molar-refractivity contribution < 1.29 is 28.7 Å². The molecule has 160 valence electrons. The molecule has 2 aromatic rings. The van der Waals surface area contributed by atoms with Crippen LogP contribution in [0, 0.1) is 16.0 Å². The van der Waals surface area contributed by atoms with Crippen molar-refractivity contribution in [3.8, 4) is 11.5 Å². The van der Waals surface area contributed by atoms with E-state index in [2.05, 4.69) is 5.32 Å². The van der Waals surface area contributed by atoms with Crippen LogP contribution in [0.3, 0.4) is 0 Å². The van der Waals surface area contributed by atoms with E-state index in [9.17, 15) is 19.7 Å². The Labute approximate surface area is 174 Å². The normalized spacial score (nSPS) is 10.4. The van der Waals surface area contributed by atoms with Crippen molar-refractivity contribution in [1.29, 1.82) is 0 Å². The quantitative estimate of drug-likeness (QED) is 0.355. The summed E-state index contributed by atoms with van der Waals surface area (Å²) in [6.45, 7) is 6.20. The van der Waals surface area contributed by atoms with Crippen LogP contribution in [0.4, 0.5) is 11.4 Å². The fourth-order valence-electron chi connectivity index (χ4n) is 2.39. The Hall–Kier alpha value is -3.62. The molecule has 0 unspecified atom stereocenters. The van der Waals surface area contributed by atoms with Crippen molar-refractivity contribution in [3.05, 3.63) is 58.1 Å². The number of hydrogen-bond donors (Lipinski definition) is 1. The minimum absolute atomic E-state index is 0.159. The highest BCUT2D eigenvalue weighted by Gasteiger charge is 2.15. The van der Waals surface area contributed by atoms with Crippen LogP contribution in [0.1, 0.15) is 31.1 Å². The number of non-ortho nitro benzene ring substituents is 1. The van der Waals surface area contributed by atoms with Crippen molar-refractivity contribution >= 4 is 23.3 Å². The summed E-state index contributed by atoms with van der Waals surface area (Å²) in [7, 11) is 0. The van der Waals surface area contributed by atoms with Gasteiger partial charge < -0.3 is 19.5 Å². The second kappa shape index (κ2) is 10.8. The molecule has 0 heterocycles. The van der Waals surface area contributed by atoms with E-state index in [4.69, 9.17) is 14.2 Å². The van der Waals surface area contributed by atoms with Crippen molar-refractivity contribution in [2.75, 3.05) is 25.1 Å². The number of anilines is 1. The third-order valence-corrected chi connectivity index (χ3v) is 3.73. The molecule has 9 nitrogen and oxygen atoms in total. The van der Waals surface area contributed by atoms with Crippen LogP contribution in [-0.2, 0) is 9.53 Å². The fraction of sp³-hybridized carbons (Fsp3) is 0.333. The molecule has 0 aliphatic heterocycles. The van der Waals surface area contributed by atoms with Gasteiger partial charge in [-0.3, -0.25) is 14.9 Å². The number of nitro groups is 1. The molecule has 0 fully saturated rings. The lowest BCUT2D eigenvalue weighted by Gasteiger charge is -2.14. The summed E-state index contributed by atoms with van der Waals surface area (Å²) in [5, 5.41) is 13.2. The molecule has 2 rings (SSSR count). The highest BCUT2D eigenvalue weighted by Crippen LogP contribution is 2.29. The second-order valence-electron chi connectivity index (χ2n) is 6.73. The molecular formula is C21H24N2O7. The van der Waals surface area contributed by atoms with E-state index in [1.54, 1.807) is 6.07 Å². The number of carbonyl (C=O) groups is 2. The van der Waals surface area contributed by atoms with Gasteiger partial charge in [-0.25, -0.2) is 4.79 Å². The van der Waals surface area contributed by atoms with E-state index >= 15 is 0 Å². The second-order valence-corrected chi connectivity index (χ2v) is 6.73. The number of nitro benzene ring substituents is 1. The lowest BCUT2D eigenvalue weighted by atomic mass is 10.2. The minimum atomic E-state index is -0.708. The van der Waals surface area contributed by atoms with E-state index in [1.165, 1.54) is 36.4 Å². The predicted molar refractivity (Wildman–Crippen MR) is 110 cm³/mol. The van der Waals surface area contributed by atoms with Crippen LogP contribution in [0.25, 0.3) is 0 Å². The van der Waals surface area contributed by atoms with Gasteiger partial charge in [-0.15, -0.1) is 0 Å². The first-order valence-corrected chi connectivity index (χ1v) is 9.41. The molecule has 0 spiro atoms. The molecule has 0 aliphatic rings. The number of nitrogens with one attached hydrogen (secondary N) is 1. The summed E-state index contributed by atoms with van der Waals surface area (Å²) in [5.41, 5.74) is 0.280. The molecular weight excluding hydrogens is 392 g/mol. The predicted octanol–water partition coefficient (Wildman–Crippen LogP) is 3.82. The number of carbonyl (C=O) groups excluding carboxylic acids is 2. The van der Waals surface area contributed by atoms with Gasteiger partial charge in [0.25, 0.3) is 11.6 Å². The zero-order valence-electron chi connectivity index (χ0n) is 17.0. The molecule has 9 heteroatoms. The summed E-state index contributed by atoms with van der Waals surface area (Å²) in [6.07, 6.45) is 0. The largest absolute Gasteiger partial charge is 0.490 e. The van der Waals surface area contributed by atoms with Crippen LogP contribution in [0.15, 0.2) is 42.5 Å². The number of esters is 1. The first-order valence-electron chi connectivity index (χ1n) is 9.41. The topological polar surface area (TPSA) is 117 Å². The maximum Gasteiger partial charge on any atom is 0.338 e. The van der Waals surface area contributed by atoms with Gasteiger partial charge in [0.05, 0.1) is 23.7 Å². The number of hydrogen-bond acceptors (Lipinski definition) is 7. The summed E-state index contributed by atoms with van der Waals surface area (Å²) in [4.78, 5) is 34.5. The van der Waals surface area contributed by atoms with Gasteiger partial charge in [-0.05, 0) is 37.1 Å². The SMILES string of the molecule is CCOc1cc(C(=O)OCC(=O)Nc2cccc([N+](=O)[O-])c2)ccc1OCC(C)C. The van der Waals surface area contributed by atoms with Gasteiger partial charge in [0.2, 0.25) is 0 Å². The summed E-state index contributed by atoms with van der Waals surface area (Å²) in [5.74, 6) is -0.0702. The maximum atomic E-state index is 12.3. The van der Waals surface area contributed by atoms with Crippen LogP contribution >= 0.6 is 0 Å². The zero-order chi connectivity index (χ0) is 22.1. The maximum absolute atomic E-state index is 12.3. The number of nitrogens with zero attached hydrogens (tertiary/aromatic N) is 1. The van der Waals surface area contributed by atoms with Gasteiger partial charge in [-0.1, -0.05) is 19.9 Å². The number of amides is 1. The van der Waals surface area contributed by atoms with Gasteiger partial charge in [0, 0.05) is 17.8 Å². The number of ether oxygens (including phenoxy) is 3. The molecule has 1 N–H and O–H groups in total. The first kappa shape index (κ1) is 22.7. The Morgan fingerprint density at radius 2 is 1.87 bits per heavy atom. The summed E-state index contributed by atoms with van der Waals surface area (Å²) < 4.78 is 16.2. The molecule has 0 bridgehead atoms. The molecule has 0 saturated carbocycles. The van der Waals surface area contributed by atoms with Gasteiger partial charge in [-0.2, -0.15) is 0 Å². The molecule has 0 saturated heterocycles. The highest BCUT2D eigenvalue weighted by molar-refractivity contribution is 5.96. The van der Waals surface area contributed by atoms with Crippen LogP contribution in [0.2, 0.25) is 0 Å². The van der Waals surface area contributed by atoms with Gasteiger partial charge in [0.1, 0.15) is 0 Å². The first-order chi connectivity index (χ1) is 14.3. The zero-order valence-corrected chi connectivity index (χ0v) is 17.0. The van der Waals surface area contributed by atoms with E-state index in [0.29, 0.717) is 30.6 Å². The Balaban J connectivity index is 1.98. The fourth-order valence-corrected chi connectivity index (χ4v) is 2.39. The third kappa shape index (κ3) is 6.77.